The molecule has 0 aliphatic carbocycles. The van der Waals surface area contributed by atoms with E-state index in [0.717, 1.165) is 11.1 Å². The number of rotatable bonds is 7. The Balaban J connectivity index is 1.54. The zero-order chi connectivity index (χ0) is 25.8. The molecule has 0 fully saturated rings. The standard InChI is InChI=1S/C29H24FN3O3S/c1-2-36-28(35)25-26(19-9-5-3-6-10-19)32-29-33(27(25)20-11-7-4-8-12-20)23(18-37-29)17-24(34)31-22-15-13-21(30)14-16-22/h3-16,18,27H,2,17H2,1H3,(H,31,34). The summed E-state index contributed by atoms with van der Waals surface area (Å²) < 4.78 is 18.8. The second-order valence-corrected chi connectivity index (χ2v) is 9.22. The van der Waals surface area contributed by atoms with Gasteiger partial charge in [0, 0.05) is 16.9 Å². The van der Waals surface area contributed by atoms with E-state index < -0.39 is 12.0 Å². The lowest BCUT2D eigenvalue weighted by Crippen LogP contribution is -2.37. The van der Waals surface area contributed by atoms with Gasteiger partial charge in [0.05, 0.1) is 30.3 Å². The smallest absolute Gasteiger partial charge is 0.338 e. The van der Waals surface area contributed by atoms with Crippen molar-refractivity contribution >= 4 is 40.2 Å². The number of amidine groups is 1. The Morgan fingerprint density at radius 1 is 1.00 bits per heavy atom. The largest absolute Gasteiger partial charge is 0.463 e. The van der Waals surface area contributed by atoms with Crippen LogP contribution in [0.5, 0.6) is 0 Å². The van der Waals surface area contributed by atoms with Crippen molar-refractivity contribution < 1.29 is 18.7 Å². The minimum Gasteiger partial charge on any atom is -0.463 e. The van der Waals surface area contributed by atoms with Crippen LogP contribution in [0.25, 0.3) is 5.70 Å². The molecule has 0 saturated heterocycles. The van der Waals surface area contributed by atoms with Crippen LogP contribution in [-0.2, 0) is 14.3 Å². The molecule has 1 unspecified atom stereocenters. The zero-order valence-electron chi connectivity index (χ0n) is 20.1. The monoisotopic (exact) mass is 513 g/mol. The summed E-state index contributed by atoms with van der Waals surface area (Å²) in [6, 6.07) is 24.3. The van der Waals surface area contributed by atoms with Crippen molar-refractivity contribution in [2.24, 2.45) is 4.99 Å². The first-order valence-electron chi connectivity index (χ1n) is 11.9. The fraction of sp³-hybridized carbons (Fsp3) is 0.138. The molecule has 2 aliphatic heterocycles. The molecule has 37 heavy (non-hydrogen) atoms. The first-order valence-corrected chi connectivity index (χ1v) is 12.7. The lowest BCUT2D eigenvalue weighted by Gasteiger charge is -2.36. The van der Waals surface area contributed by atoms with Crippen molar-refractivity contribution in [1.82, 2.24) is 4.90 Å². The van der Waals surface area contributed by atoms with Gasteiger partial charge in [-0.05, 0) is 42.2 Å². The second kappa shape index (κ2) is 10.8. The van der Waals surface area contributed by atoms with Crippen molar-refractivity contribution in [1.29, 1.82) is 0 Å². The first kappa shape index (κ1) is 24.5. The molecule has 3 aromatic carbocycles. The molecule has 0 aromatic heterocycles. The minimum atomic E-state index is -0.539. The molecule has 3 aromatic rings. The normalized spacial score (nSPS) is 16.6. The molecule has 2 aliphatic rings. The van der Waals surface area contributed by atoms with E-state index in [1.807, 2.05) is 71.0 Å². The summed E-state index contributed by atoms with van der Waals surface area (Å²) in [7, 11) is 0. The molecule has 1 amide bonds. The average molecular weight is 514 g/mol. The van der Waals surface area contributed by atoms with Gasteiger partial charge in [-0.1, -0.05) is 72.4 Å². The number of carbonyl (C=O) groups excluding carboxylic acids is 2. The Morgan fingerprint density at radius 3 is 2.35 bits per heavy atom. The summed E-state index contributed by atoms with van der Waals surface area (Å²) in [5, 5.41) is 5.37. The highest BCUT2D eigenvalue weighted by atomic mass is 32.2. The summed E-state index contributed by atoms with van der Waals surface area (Å²) in [5.74, 6) is -1.09. The van der Waals surface area contributed by atoms with Gasteiger partial charge >= 0.3 is 5.97 Å². The van der Waals surface area contributed by atoms with E-state index >= 15 is 0 Å². The maximum Gasteiger partial charge on any atom is 0.338 e. The SMILES string of the molecule is CCOC(=O)C1=C(c2ccccc2)N=C2SC=C(CC(=O)Nc3ccc(F)cc3)N2C1c1ccccc1. The summed E-state index contributed by atoms with van der Waals surface area (Å²) in [4.78, 5) is 33.2. The molecule has 6 nitrogen and oxygen atoms in total. The van der Waals surface area contributed by atoms with Gasteiger partial charge in [-0.2, -0.15) is 0 Å². The highest BCUT2D eigenvalue weighted by Crippen LogP contribution is 2.47. The van der Waals surface area contributed by atoms with Gasteiger partial charge in [0.25, 0.3) is 0 Å². The number of amides is 1. The number of nitrogens with one attached hydrogen (secondary N) is 1. The second-order valence-electron chi connectivity index (χ2n) is 8.39. The number of thioether (sulfide) groups is 1. The molecular weight excluding hydrogens is 489 g/mol. The number of hydrogen-bond donors (Lipinski definition) is 1. The number of fused-ring (bicyclic) bond motifs is 1. The molecule has 5 rings (SSSR count). The van der Waals surface area contributed by atoms with Gasteiger partial charge in [-0.15, -0.1) is 0 Å². The molecule has 0 spiro atoms. The van der Waals surface area contributed by atoms with Crippen LogP contribution in [0.3, 0.4) is 0 Å². The Morgan fingerprint density at radius 2 is 1.68 bits per heavy atom. The van der Waals surface area contributed by atoms with Crippen molar-refractivity contribution in [3.05, 3.63) is 119 Å². The van der Waals surface area contributed by atoms with Crippen LogP contribution in [-0.4, -0.2) is 28.6 Å². The highest BCUT2D eigenvalue weighted by Gasteiger charge is 2.42. The first-order chi connectivity index (χ1) is 18.0. The number of ether oxygens (including phenoxy) is 1. The Kier molecular flexibility index (Phi) is 7.18. The topological polar surface area (TPSA) is 71.0 Å². The number of carbonyl (C=O) groups is 2. The van der Waals surface area contributed by atoms with Gasteiger partial charge in [-0.3, -0.25) is 4.79 Å². The van der Waals surface area contributed by atoms with Crippen LogP contribution >= 0.6 is 11.8 Å². The van der Waals surface area contributed by atoms with E-state index in [2.05, 4.69) is 5.32 Å². The summed E-state index contributed by atoms with van der Waals surface area (Å²) in [5.41, 5.74) is 3.85. The highest BCUT2D eigenvalue weighted by molar-refractivity contribution is 8.16. The van der Waals surface area contributed by atoms with Crippen molar-refractivity contribution in [3.63, 3.8) is 0 Å². The lowest BCUT2D eigenvalue weighted by molar-refractivity contribution is -0.139. The molecule has 0 radical (unpaired) electrons. The van der Waals surface area contributed by atoms with Crippen LogP contribution in [0.1, 0.15) is 30.5 Å². The van der Waals surface area contributed by atoms with Crippen LogP contribution in [0.15, 0.2) is 107 Å². The third-order valence-corrected chi connectivity index (χ3v) is 6.83. The van der Waals surface area contributed by atoms with Crippen molar-refractivity contribution in [2.75, 3.05) is 11.9 Å². The molecule has 1 N–H and O–H groups in total. The van der Waals surface area contributed by atoms with Crippen molar-refractivity contribution in [2.45, 2.75) is 19.4 Å². The molecule has 1 atom stereocenters. The molecule has 8 heteroatoms. The average Bonchev–Trinajstić information content (AvgIpc) is 3.32. The number of aliphatic imine (C=N–C) groups is 1. The number of esters is 1. The van der Waals surface area contributed by atoms with Crippen LogP contribution in [0.4, 0.5) is 10.1 Å². The quantitative estimate of drug-likeness (QED) is 0.385. The van der Waals surface area contributed by atoms with E-state index in [4.69, 9.17) is 9.73 Å². The van der Waals surface area contributed by atoms with Gasteiger partial charge in [0.15, 0.2) is 5.17 Å². The molecular formula is C29H24FN3O3S. The predicted octanol–water partition coefficient (Wildman–Crippen LogP) is 6.13. The van der Waals surface area contributed by atoms with Gasteiger partial charge in [-0.25, -0.2) is 14.2 Å². The molecule has 0 saturated carbocycles. The fourth-order valence-electron chi connectivity index (χ4n) is 4.34. The summed E-state index contributed by atoms with van der Waals surface area (Å²) in [6.45, 7) is 1.99. The van der Waals surface area contributed by atoms with Gasteiger partial charge in [0.2, 0.25) is 5.91 Å². The molecule has 186 valence electrons. The Labute approximate surface area is 218 Å². The number of halogens is 1. The van der Waals surface area contributed by atoms with Gasteiger partial charge in [0.1, 0.15) is 5.82 Å². The third kappa shape index (κ3) is 5.20. The van der Waals surface area contributed by atoms with Crippen LogP contribution in [0, 0.1) is 5.82 Å². The van der Waals surface area contributed by atoms with E-state index in [9.17, 15) is 14.0 Å². The van der Waals surface area contributed by atoms with Gasteiger partial charge < -0.3 is 15.0 Å². The zero-order valence-corrected chi connectivity index (χ0v) is 20.9. The van der Waals surface area contributed by atoms with E-state index in [0.29, 0.717) is 27.8 Å². The maximum atomic E-state index is 13.4. The molecule has 0 bridgehead atoms. The number of hydrogen-bond acceptors (Lipinski definition) is 6. The third-order valence-electron chi connectivity index (χ3n) is 5.94. The molecule has 2 heterocycles. The van der Waals surface area contributed by atoms with Crippen molar-refractivity contribution in [3.8, 4) is 0 Å². The van der Waals surface area contributed by atoms with Crippen LogP contribution < -0.4 is 5.32 Å². The predicted molar refractivity (Wildman–Crippen MR) is 144 cm³/mol. The number of benzene rings is 3. The van der Waals surface area contributed by atoms with E-state index in [1.165, 1.54) is 36.0 Å². The maximum absolute atomic E-state index is 13.4. The Bertz CT molecular complexity index is 1400. The summed E-state index contributed by atoms with van der Waals surface area (Å²) >= 11 is 1.41. The van der Waals surface area contributed by atoms with E-state index in [-0.39, 0.29) is 24.8 Å². The number of anilines is 1. The summed E-state index contributed by atoms with van der Waals surface area (Å²) in [6.07, 6.45) is 0.0451. The van der Waals surface area contributed by atoms with E-state index in [1.54, 1.807) is 6.92 Å². The van der Waals surface area contributed by atoms with Crippen LogP contribution in [0.2, 0.25) is 0 Å². The minimum absolute atomic E-state index is 0.0451. The fourth-order valence-corrected chi connectivity index (χ4v) is 5.26. The number of nitrogens with zero attached hydrogens (tertiary/aromatic N) is 2. The Hall–Kier alpha value is -4.17. The lowest BCUT2D eigenvalue weighted by atomic mass is 9.91.